The lowest BCUT2D eigenvalue weighted by Crippen LogP contribution is -2.48. The molecule has 0 aliphatic carbocycles. The molecule has 0 unspecified atom stereocenters. The highest BCUT2D eigenvalue weighted by Crippen LogP contribution is 2.25. The van der Waals surface area contributed by atoms with E-state index in [1.807, 2.05) is 0 Å². The van der Waals surface area contributed by atoms with Gasteiger partial charge in [0, 0.05) is 6.42 Å². The van der Waals surface area contributed by atoms with Crippen LogP contribution in [0.5, 0.6) is 0 Å². The summed E-state index contributed by atoms with van der Waals surface area (Å²) in [5.41, 5.74) is -1.81. The number of ether oxygens (including phenoxy) is 2. The molecule has 0 fully saturated rings. The number of halogens is 2. The largest absolute Gasteiger partial charge is 0.443 e. The molecule has 0 aromatic heterocycles. The van der Waals surface area contributed by atoms with Crippen molar-refractivity contribution in [2.24, 2.45) is 0 Å². The molecule has 0 bridgehead atoms. The van der Waals surface area contributed by atoms with E-state index in [0.29, 0.717) is 17.7 Å². The zero-order chi connectivity index (χ0) is 18.5. The van der Waals surface area contributed by atoms with E-state index < -0.39 is 42.3 Å². The van der Waals surface area contributed by atoms with Crippen molar-refractivity contribution in [2.75, 3.05) is 6.54 Å². The predicted octanol–water partition coefficient (Wildman–Crippen LogP) is 4.98. The standard InChI is InChI=1S/C16H29F2NO4/c1-8-9-10-16(17,18)11-19(12(20)22-14(2,3)4)13(21)23-15(5,6)7/h8-11H2,1-7H3. The van der Waals surface area contributed by atoms with Crippen molar-refractivity contribution in [1.82, 2.24) is 4.90 Å². The average molecular weight is 337 g/mol. The summed E-state index contributed by atoms with van der Waals surface area (Å²) in [4.78, 5) is 24.6. The van der Waals surface area contributed by atoms with Crippen molar-refractivity contribution < 1.29 is 27.8 Å². The van der Waals surface area contributed by atoms with Gasteiger partial charge >= 0.3 is 12.2 Å². The topological polar surface area (TPSA) is 55.8 Å². The molecule has 0 rings (SSSR count). The number of amides is 2. The minimum atomic E-state index is -3.19. The van der Waals surface area contributed by atoms with E-state index in [4.69, 9.17) is 9.47 Å². The van der Waals surface area contributed by atoms with E-state index in [-0.39, 0.29) is 0 Å². The Labute approximate surface area is 137 Å². The normalized spacial score (nSPS) is 12.7. The quantitative estimate of drug-likeness (QED) is 0.709. The van der Waals surface area contributed by atoms with Crippen LogP contribution in [-0.2, 0) is 9.47 Å². The van der Waals surface area contributed by atoms with Crippen molar-refractivity contribution >= 4 is 12.2 Å². The van der Waals surface area contributed by atoms with Crippen LogP contribution in [0.25, 0.3) is 0 Å². The van der Waals surface area contributed by atoms with Gasteiger partial charge in [-0.25, -0.2) is 23.3 Å². The third-order valence-corrected chi connectivity index (χ3v) is 2.51. The fourth-order valence-electron chi connectivity index (χ4n) is 1.58. The van der Waals surface area contributed by atoms with E-state index >= 15 is 0 Å². The Hall–Kier alpha value is -1.40. The molecule has 0 radical (unpaired) electrons. The third-order valence-electron chi connectivity index (χ3n) is 2.51. The van der Waals surface area contributed by atoms with Crippen LogP contribution < -0.4 is 0 Å². The Morgan fingerprint density at radius 2 is 1.30 bits per heavy atom. The molecule has 2 amide bonds. The summed E-state index contributed by atoms with van der Waals surface area (Å²) in [7, 11) is 0. The Bertz CT molecular complexity index is 383. The summed E-state index contributed by atoms with van der Waals surface area (Å²) in [6.07, 6.45) is -1.80. The summed E-state index contributed by atoms with van der Waals surface area (Å²) in [5.74, 6) is -3.19. The zero-order valence-corrected chi connectivity index (χ0v) is 15.2. The van der Waals surface area contributed by atoms with E-state index in [0.717, 1.165) is 0 Å². The van der Waals surface area contributed by atoms with Gasteiger partial charge in [0.05, 0.1) is 6.54 Å². The third kappa shape index (κ3) is 10.1. The van der Waals surface area contributed by atoms with Gasteiger partial charge in [-0.15, -0.1) is 0 Å². The molecule has 0 aromatic carbocycles. The van der Waals surface area contributed by atoms with Crippen LogP contribution in [0, 0.1) is 0 Å². The molecule has 0 saturated carbocycles. The fraction of sp³-hybridized carbons (Fsp3) is 0.875. The highest BCUT2D eigenvalue weighted by molar-refractivity contribution is 5.88. The maximum absolute atomic E-state index is 14.0. The second-order valence-electron chi connectivity index (χ2n) is 7.51. The molecule has 136 valence electrons. The minimum Gasteiger partial charge on any atom is -0.443 e. The number of carbonyl (C=O) groups is 2. The van der Waals surface area contributed by atoms with Gasteiger partial charge in [0.2, 0.25) is 0 Å². The van der Waals surface area contributed by atoms with Crippen molar-refractivity contribution in [3.63, 3.8) is 0 Å². The van der Waals surface area contributed by atoms with E-state index in [9.17, 15) is 18.4 Å². The molecule has 5 nitrogen and oxygen atoms in total. The smallest absolute Gasteiger partial charge is 0.420 e. The second kappa shape index (κ2) is 7.93. The van der Waals surface area contributed by atoms with E-state index in [1.54, 1.807) is 48.5 Å². The monoisotopic (exact) mass is 337 g/mol. The molecule has 0 aliphatic rings. The molecule has 7 heteroatoms. The van der Waals surface area contributed by atoms with Gasteiger partial charge in [-0.1, -0.05) is 13.3 Å². The number of hydrogen-bond acceptors (Lipinski definition) is 4. The number of alkyl halides is 2. The lowest BCUT2D eigenvalue weighted by Gasteiger charge is -2.30. The van der Waals surface area contributed by atoms with Gasteiger partial charge in [-0.3, -0.25) is 0 Å². The Morgan fingerprint density at radius 3 is 1.61 bits per heavy atom. The van der Waals surface area contributed by atoms with E-state index in [2.05, 4.69) is 0 Å². The number of rotatable bonds is 5. The number of carbonyl (C=O) groups excluding carboxylic acids is 2. The molecule has 0 aromatic rings. The van der Waals surface area contributed by atoms with Crippen LogP contribution in [0.2, 0.25) is 0 Å². The SMILES string of the molecule is CCCCC(F)(F)CN(C(=O)OC(C)(C)C)C(=O)OC(C)(C)C. The number of nitrogens with zero attached hydrogens (tertiary/aromatic N) is 1. The second-order valence-corrected chi connectivity index (χ2v) is 7.51. The first-order valence-corrected chi connectivity index (χ1v) is 7.78. The van der Waals surface area contributed by atoms with Crippen molar-refractivity contribution in [3.8, 4) is 0 Å². The van der Waals surface area contributed by atoms with Gasteiger partial charge in [-0.05, 0) is 48.0 Å². The minimum absolute atomic E-state index is 0.295. The molecule has 0 aliphatic heterocycles. The summed E-state index contributed by atoms with van der Waals surface area (Å²) in [6.45, 7) is 10.3. The van der Waals surface area contributed by atoms with Crippen molar-refractivity contribution in [1.29, 1.82) is 0 Å². The molecule has 0 atom stereocenters. The van der Waals surface area contributed by atoms with Gasteiger partial charge in [-0.2, -0.15) is 0 Å². The van der Waals surface area contributed by atoms with Crippen LogP contribution in [-0.4, -0.2) is 40.8 Å². The Balaban J connectivity index is 5.21. The maximum Gasteiger partial charge on any atom is 0.420 e. The zero-order valence-electron chi connectivity index (χ0n) is 15.2. The highest BCUT2D eigenvalue weighted by atomic mass is 19.3. The summed E-state index contributed by atoms with van der Waals surface area (Å²) in [5, 5.41) is 0. The first-order chi connectivity index (χ1) is 10.2. The van der Waals surface area contributed by atoms with Gasteiger partial charge in [0.15, 0.2) is 0 Å². The van der Waals surface area contributed by atoms with Crippen LogP contribution in [0.4, 0.5) is 18.4 Å². The fourth-order valence-corrected chi connectivity index (χ4v) is 1.58. The Kier molecular flexibility index (Phi) is 7.44. The van der Waals surface area contributed by atoms with Crippen LogP contribution >= 0.6 is 0 Å². The molecule has 0 heterocycles. The number of unbranched alkanes of at least 4 members (excludes halogenated alkanes) is 1. The molecule has 0 N–H and O–H groups in total. The average Bonchev–Trinajstić information content (AvgIpc) is 2.29. The van der Waals surface area contributed by atoms with Crippen molar-refractivity contribution in [2.45, 2.75) is 84.9 Å². The highest BCUT2D eigenvalue weighted by Gasteiger charge is 2.39. The lowest BCUT2D eigenvalue weighted by atomic mass is 10.1. The maximum atomic E-state index is 14.0. The number of hydrogen-bond donors (Lipinski definition) is 0. The van der Waals surface area contributed by atoms with Gasteiger partial charge in [0.25, 0.3) is 5.92 Å². The summed E-state index contributed by atoms with van der Waals surface area (Å²) in [6, 6.07) is 0. The predicted molar refractivity (Wildman–Crippen MR) is 83.6 cm³/mol. The first-order valence-electron chi connectivity index (χ1n) is 7.78. The van der Waals surface area contributed by atoms with Gasteiger partial charge in [0.1, 0.15) is 11.2 Å². The molecule has 0 spiro atoms. The van der Waals surface area contributed by atoms with Crippen LogP contribution in [0.1, 0.15) is 67.7 Å². The number of imide groups is 1. The molecule has 23 heavy (non-hydrogen) atoms. The Morgan fingerprint density at radius 1 is 0.913 bits per heavy atom. The molecular formula is C16H29F2NO4. The summed E-state index contributed by atoms with van der Waals surface area (Å²) < 4.78 is 38.1. The lowest BCUT2D eigenvalue weighted by molar-refractivity contribution is -0.0546. The molecule has 0 saturated heterocycles. The first kappa shape index (κ1) is 21.6. The van der Waals surface area contributed by atoms with Gasteiger partial charge < -0.3 is 9.47 Å². The summed E-state index contributed by atoms with van der Waals surface area (Å²) >= 11 is 0. The van der Waals surface area contributed by atoms with Crippen LogP contribution in [0.3, 0.4) is 0 Å². The van der Waals surface area contributed by atoms with E-state index in [1.165, 1.54) is 0 Å². The molecular weight excluding hydrogens is 308 g/mol. The van der Waals surface area contributed by atoms with Crippen LogP contribution in [0.15, 0.2) is 0 Å². The van der Waals surface area contributed by atoms with Crippen molar-refractivity contribution in [3.05, 3.63) is 0 Å².